The van der Waals surface area contributed by atoms with E-state index in [9.17, 15) is 14.7 Å². The topological polar surface area (TPSA) is 95.9 Å². The van der Waals surface area contributed by atoms with E-state index in [-0.39, 0.29) is 0 Å². The molecule has 1 amide bonds. The van der Waals surface area contributed by atoms with Gasteiger partial charge in [0.05, 0.1) is 6.04 Å². The third-order valence-electron chi connectivity index (χ3n) is 2.76. The number of aliphatic hydroxyl groups excluding tert-OH is 1. The number of carboxylic acids is 1. The van der Waals surface area contributed by atoms with Crippen LogP contribution in [0.3, 0.4) is 0 Å². The molecule has 0 radical (unpaired) electrons. The number of hydrogen-bond acceptors (Lipinski definition) is 4. The summed E-state index contributed by atoms with van der Waals surface area (Å²) in [5.41, 5.74) is 0.575. The summed E-state index contributed by atoms with van der Waals surface area (Å²) in [4.78, 5) is 22.9. The Hall–Kier alpha value is -2.08. The average molecular weight is 295 g/mol. The van der Waals surface area contributed by atoms with Crippen LogP contribution in [0.5, 0.6) is 0 Å². The number of amides is 1. The fourth-order valence-electron chi connectivity index (χ4n) is 1.84. The Morgan fingerprint density at radius 2 is 1.81 bits per heavy atom. The number of hydrogen-bond donors (Lipinski definition) is 3. The molecule has 0 saturated carbocycles. The van der Waals surface area contributed by atoms with Crippen molar-refractivity contribution in [3.8, 4) is 0 Å². The van der Waals surface area contributed by atoms with Gasteiger partial charge in [-0.1, -0.05) is 24.3 Å². The van der Waals surface area contributed by atoms with Crippen LogP contribution in [0.2, 0.25) is 0 Å². The highest BCUT2D eigenvalue weighted by Gasteiger charge is 2.31. The molecule has 0 aromatic heterocycles. The van der Waals surface area contributed by atoms with Crippen LogP contribution in [-0.4, -0.2) is 34.0 Å². The van der Waals surface area contributed by atoms with Crippen molar-refractivity contribution >= 4 is 12.1 Å². The number of ether oxygens (including phenoxy) is 1. The van der Waals surface area contributed by atoms with Crippen LogP contribution < -0.4 is 5.32 Å². The molecule has 2 unspecified atom stereocenters. The summed E-state index contributed by atoms with van der Waals surface area (Å²) in [5.74, 6) is -1.42. The van der Waals surface area contributed by atoms with Crippen molar-refractivity contribution < 1.29 is 24.5 Å². The zero-order valence-corrected chi connectivity index (χ0v) is 12.6. The number of aliphatic carboxylic acids is 1. The van der Waals surface area contributed by atoms with Gasteiger partial charge >= 0.3 is 12.1 Å². The van der Waals surface area contributed by atoms with Crippen LogP contribution in [0, 0.1) is 6.92 Å². The maximum absolute atomic E-state index is 11.8. The third-order valence-corrected chi connectivity index (χ3v) is 2.76. The summed E-state index contributed by atoms with van der Waals surface area (Å²) in [5, 5.41) is 21.3. The minimum Gasteiger partial charge on any atom is -0.479 e. The third kappa shape index (κ3) is 5.07. The predicted molar refractivity (Wildman–Crippen MR) is 76.9 cm³/mol. The number of carbonyl (C=O) groups is 2. The molecule has 1 aromatic carbocycles. The summed E-state index contributed by atoms with van der Waals surface area (Å²) < 4.78 is 5.11. The van der Waals surface area contributed by atoms with Gasteiger partial charge in [0, 0.05) is 0 Å². The number of alkyl carbamates (subject to hydrolysis) is 1. The van der Waals surface area contributed by atoms with Gasteiger partial charge < -0.3 is 20.3 Å². The molecule has 3 N–H and O–H groups in total. The highest BCUT2D eigenvalue weighted by Crippen LogP contribution is 2.22. The number of aliphatic hydroxyl groups is 1. The van der Waals surface area contributed by atoms with Gasteiger partial charge in [-0.05, 0) is 38.8 Å². The van der Waals surface area contributed by atoms with Crippen LogP contribution in [-0.2, 0) is 9.53 Å². The zero-order valence-electron chi connectivity index (χ0n) is 12.6. The van der Waals surface area contributed by atoms with E-state index in [0.29, 0.717) is 5.56 Å². The first-order chi connectivity index (χ1) is 9.61. The molecule has 116 valence electrons. The van der Waals surface area contributed by atoms with Gasteiger partial charge in [0.15, 0.2) is 6.10 Å². The summed E-state index contributed by atoms with van der Waals surface area (Å²) in [7, 11) is 0. The van der Waals surface area contributed by atoms with Crippen molar-refractivity contribution in [3.63, 3.8) is 0 Å². The molecule has 0 heterocycles. The number of aryl methyl sites for hydroxylation is 1. The van der Waals surface area contributed by atoms with E-state index in [0.717, 1.165) is 5.56 Å². The van der Waals surface area contributed by atoms with Gasteiger partial charge in [-0.2, -0.15) is 0 Å². The van der Waals surface area contributed by atoms with E-state index in [1.165, 1.54) is 0 Å². The molecule has 0 saturated heterocycles. The van der Waals surface area contributed by atoms with Crippen molar-refractivity contribution in [1.29, 1.82) is 0 Å². The van der Waals surface area contributed by atoms with E-state index >= 15 is 0 Å². The summed E-state index contributed by atoms with van der Waals surface area (Å²) in [6.07, 6.45) is -2.55. The molecule has 0 aliphatic carbocycles. The van der Waals surface area contributed by atoms with Crippen molar-refractivity contribution in [2.45, 2.75) is 45.4 Å². The molecule has 6 heteroatoms. The largest absolute Gasteiger partial charge is 0.479 e. The number of nitrogens with one attached hydrogen (secondary N) is 1. The fourth-order valence-corrected chi connectivity index (χ4v) is 1.84. The number of carboxylic acid groups (broad SMARTS) is 1. The van der Waals surface area contributed by atoms with E-state index in [1.807, 2.05) is 0 Å². The lowest BCUT2D eigenvalue weighted by Gasteiger charge is -2.26. The molecular formula is C15H21NO5. The maximum atomic E-state index is 11.8. The van der Waals surface area contributed by atoms with E-state index in [4.69, 9.17) is 9.84 Å². The number of carbonyl (C=O) groups excluding carboxylic acids is 1. The molecule has 1 rings (SSSR count). The molecule has 6 nitrogen and oxygen atoms in total. The average Bonchev–Trinajstić information content (AvgIpc) is 2.34. The smallest absolute Gasteiger partial charge is 0.408 e. The monoisotopic (exact) mass is 295 g/mol. The first kappa shape index (κ1) is 17.0. The standard InChI is InChI=1S/C15H21NO5/c1-9-7-5-6-8-10(9)11(12(17)13(18)19)16-14(20)21-15(2,3)4/h5-8,11-12,17H,1-4H3,(H,16,20)(H,18,19). The van der Waals surface area contributed by atoms with Gasteiger partial charge in [-0.25, -0.2) is 9.59 Å². The molecule has 0 fully saturated rings. The molecule has 21 heavy (non-hydrogen) atoms. The maximum Gasteiger partial charge on any atom is 0.408 e. The first-order valence-electron chi connectivity index (χ1n) is 6.58. The van der Waals surface area contributed by atoms with Crippen LogP contribution in [0.4, 0.5) is 4.79 Å². The molecule has 0 spiro atoms. The van der Waals surface area contributed by atoms with Crippen molar-refractivity contribution in [3.05, 3.63) is 35.4 Å². The number of benzene rings is 1. The van der Waals surface area contributed by atoms with Crippen molar-refractivity contribution in [1.82, 2.24) is 5.32 Å². The van der Waals surface area contributed by atoms with E-state index in [1.54, 1.807) is 52.0 Å². The lowest BCUT2D eigenvalue weighted by Crippen LogP contribution is -2.42. The first-order valence-corrected chi connectivity index (χ1v) is 6.58. The second kappa shape index (κ2) is 6.58. The molecule has 0 bridgehead atoms. The Balaban J connectivity index is 3.02. The van der Waals surface area contributed by atoms with Crippen molar-refractivity contribution in [2.75, 3.05) is 0 Å². The SMILES string of the molecule is Cc1ccccc1C(NC(=O)OC(C)(C)C)C(O)C(=O)O. The van der Waals surface area contributed by atoms with Crippen LogP contribution in [0.1, 0.15) is 37.9 Å². The Kier molecular flexibility index (Phi) is 5.32. The van der Waals surface area contributed by atoms with Gasteiger partial charge in [0.1, 0.15) is 5.60 Å². The van der Waals surface area contributed by atoms with Crippen molar-refractivity contribution in [2.24, 2.45) is 0 Å². The highest BCUT2D eigenvalue weighted by molar-refractivity contribution is 5.76. The zero-order chi connectivity index (χ0) is 16.2. The minimum absolute atomic E-state index is 0.526. The highest BCUT2D eigenvalue weighted by atomic mass is 16.6. The Morgan fingerprint density at radius 1 is 1.24 bits per heavy atom. The molecule has 1 aromatic rings. The molecule has 0 aliphatic rings. The van der Waals surface area contributed by atoms with Gasteiger partial charge in [0.25, 0.3) is 0 Å². The normalized spacial score (nSPS) is 14.1. The second-order valence-corrected chi connectivity index (χ2v) is 5.76. The Labute approximate surface area is 123 Å². The molecule has 0 aliphatic heterocycles. The van der Waals surface area contributed by atoms with E-state index < -0.39 is 29.8 Å². The van der Waals surface area contributed by atoms with E-state index in [2.05, 4.69) is 5.32 Å². The molecule has 2 atom stereocenters. The Bertz CT molecular complexity index is 521. The Morgan fingerprint density at radius 3 is 2.29 bits per heavy atom. The van der Waals surface area contributed by atoms with Gasteiger partial charge in [0.2, 0.25) is 0 Å². The summed E-state index contributed by atoms with van der Waals surface area (Å²) in [6.45, 7) is 6.86. The fraction of sp³-hybridized carbons (Fsp3) is 0.467. The molecular weight excluding hydrogens is 274 g/mol. The van der Waals surface area contributed by atoms with Crippen LogP contribution in [0.25, 0.3) is 0 Å². The summed E-state index contributed by atoms with van der Waals surface area (Å²) >= 11 is 0. The minimum atomic E-state index is -1.77. The lowest BCUT2D eigenvalue weighted by atomic mass is 9.97. The summed E-state index contributed by atoms with van der Waals surface area (Å²) in [6, 6.07) is 5.84. The quantitative estimate of drug-likeness (QED) is 0.789. The van der Waals surface area contributed by atoms with Gasteiger partial charge in [-0.15, -0.1) is 0 Å². The second-order valence-electron chi connectivity index (χ2n) is 5.76. The van der Waals surface area contributed by atoms with Crippen LogP contribution in [0.15, 0.2) is 24.3 Å². The van der Waals surface area contributed by atoms with Crippen LogP contribution >= 0.6 is 0 Å². The number of rotatable bonds is 4. The predicted octanol–water partition coefficient (Wildman–Crippen LogP) is 2.01. The lowest BCUT2D eigenvalue weighted by molar-refractivity contribution is -0.148. The van der Waals surface area contributed by atoms with Gasteiger partial charge in [-0.3, -0.25) is 0 Å².